The summed E-state index contributed by atoms with van der Waals surface area (Å²) in [4.78, 5) is 12.8. The monoisotopic (exact) mass is 581 g/mol. The molecule has 10 heteroatoms. The molecule has 176 valence electrons. The van der Waals surface area contributed by atoms with Crippen LogP contribution in [-0.2, 0) is 13.2 Å². The first-order valence-electron chi connectivity index (χ1n) is 10.2. The van der Waals surface area contributed by atoms with E-state index >= 15 is 0 Å². The van der Waals surface area contributed by atoms with Gasteiger partial charge in [-0.1, -0.05) is 56.8 Å². The lowest BCUT2D eigenvalue weighted by molar-refractivity contribution is 0.0992. The molecule has 1 N–H and O–H groups in total. The van der Waals surface area contributed by atoms with Crippen LogP contribution in [0.25, 0.3) is 0 Å². The van der Waals surface area contributed by atoms with Gasteiger partial charge in [0, 0.05) is 4.47 Å². The molecule has 0 radical (unpaired) electrons. The Morgan fingerprint density at radius 1 is 1.06 bits per heavy atom. The van der Waals surface area contributed by atoms with Gasteiger partial charge >= 0.3 is 0 Å². The van der Waals surface area contributed by atoms with E-state index in [1.165, 1.54) is 0 Å². The van der Waals surface area contributed by atoms with Gasteiger partial charge in [0.15, 0.2) is 5.76 Å². The first-order valence-corrected chi connectivity index (χ1v) is 12.1. The molecule has 0 aliphatic carbocycles. The summed E-state index contributed by atoms with van der Waals surface area (Å²) in [6.07, 6.45) is 0. The number of amides is 1. The maximum absolute atomic E-state index is 12.8. The number of rotatable bonds is 7. The number of carbonyl (C=O) groups excluding carboxylic acids is 1. The Labute approximate surface area is 219 Å². The summed E-state index contributed by atoms with van der Waals surface area (Å²) in [6, 6.07) is 14.0. The van der Waals surface area contributed by atoms with E-state index in [1.807, 2.05) is 26.0 Å². The van der Waals surface area contributed by atoms with Crippen LogP contribution in [-0.4, -0.2) is 15.7 Å². The van der Waals surface area contributed by atoms with Crippen molar-refractivity contribution in [3.8, 4) is 5.75 Å². The van der Waals surface area contributed by atoms with Crippen molar-refractivity contribution in [1.29, 1.82) is 0 Å². The van der Waals surface area contributed by atoms with Crippen LogP contribution >= 0.6 is 50.7 Å². The second-order valence-electron chi connectivity index (χ2n) is 7.54. The standard InChI is InChI=1S/C24H19BrCl3N3O3/c1-13-23(14(2)31(30-13)11-15-3-6-18(26)19(27)9-15)29-24(32)22-8-5-17(34-22)12-33-21-7-4-16(25)10-20(21)28/h3-10H,11-12H2,1-2H3,(H,29,32). The molecule has 0 bridgehead atoms. The second kappa shape index (κ2) is 10.4. The van der Waals surface area contributed by atoms with Gasteiger partial charge in [0.1, 0.15) is 18.1 Å². The summed E-state index contributed by atoms with van der Waals surface area (Å²) in [5, 5.41) is 8.89. The molecule has 4 aromatic rings. The van der Waals surface area contributed by atoms with Gasteiger partial charge in [-0.15, -0.1) is 0 Å². The van der Waals surface area contributed by atoms with Crippen LogP contribution < -0.4 is 10.1 Å². The van der Waals surface area contributed by atoms with E-state index < -0.39 is 0 Å². The molecule has 0 fully saturated rings. The Hall–Kier alpha value is -2.45. The summed E-state index contributed by atoms with van der Waals surface area (Å²) in [5.41, 5.74) is 3.06. The summed E-state index contributed by atoms with van der Waals surface area (Å²) in [7, 11) is 0. The van der Waals surface area contributed by atoms with Crippen molar-refractivity contribution in [2.24, 2.45) is 0 Å². The number of ether oxygens (including phenoxy) is 1. The molecule has 0 spiro atoms. The van der Waals surface area contributed by atoms with Crippen molar-refractivity contribution in [2.45, 2.75) is 27.0 Å². The van der Waals surface area contributed by atoms with E-state index in [0.717, 1.165) is 15.7 Å². The summed E-state index contributed by atoms with van der Waals surface area (Å²) >= 11 is 21.6. The molecule has 2 heterocycles. The van der Waals surface area contributed by atoms with Crippen LogP contribution in [0.15, 0.2) is 57.4 Å². The van der Waals surface area contributed by atoms with E-state index in [2.05, 4.69) is 26.3 Å². The van der Waals surface area contributed by atoms with E-state index in [4.69, 9.17) is 44.0 Å². The van der Waals surface area contributed by atoms with Crippen molar-refractivity contribution in [3.63, 3.8) is 0 Å². The van der Waals surface area contributed by atoms with Gasteiger partial charge in [-0.25, -0.2) is 0 Å². The topological polar surface area (TPSA) is 69.3 Å². The molecule has 0 saturated heterocycles. The molecule has 6 nitrogen and oxygen atoms in total. The van der Waals surface area contributed by atoms with E-state index in [9.17, 15) is 4.79 Å². The second-order valence-corrected chi connectivity index (χ2v) is 9.67. The normalized spacial score (nSPS) is 11.0. The fourth-order valence-electron chi connectivity index (χ4n) is 3.34. The first-order chi connectivity index (χ1) is 16.2. The molecule has 0 atom stereocenters. The van der Waals surface area contributed by atoms with E-state index in [-0.39, 0.29) is 18.3 Å². The fraction of sp³-hybridized carbons (Fsp3) is 0.167. The maximum Gasteiger partial charge on any atom is 0.291 e. The number of aryl methyl sites for hydroxylation is 1. The minimum atomic E-state index is -0.381. The molecule has 2 aromatic heterocycles. The highest BCUT2D eigenvalue weighted by Gasteiger charge is 2.18. The molecule has 4 rings (SSSR count). The first kappa shape index (κ1) is 24.7. The third kappa shape index (κ3) is 5.61. The molecule has 0 aliphatic heterocycles. The Morgan fingerprint density at radius 3 is 2.59 bits per heavy atom. The zero-order chi connectivity index (χ0) is 24.4. The average Bonchev–Trinajstić information content (AvgIpc) is 3.36. The van der Waals surface area contributed by atoms with Gasteiger partial charge in [0.2, 0.25) is 0 Å². The van der Waals surface area contributed by atoms with Crippen molar-refractivity contribution in [2.75, 3.05) is 5.32 Å². The molecule has 0 aliphatic rings. The summed E-state index contributed by atoms with van der Waals surface area (Å²) in [6.45, 7) is 4.34. The molecular weight excluding hydrogens is 565 g/mol. The van der Waals surface area contributed by atoms with Crippen molar-refractivity contribution >= 4 is 62.3 Å². The minimum absolute atomic E-state index is 0.133. The lowest BCUT2D eigenvalue weighted by Crippen LogP contribution is -2.12. The van der Waals surface area contributed by atoms with Crippen LogP contribution in [0.4, 0.5) is 5.69 Å². The third-order valence-electron chi connectivity index (χ3n) is 5.09. The number of halogens is 4. The quantitative estimate of drug-likeness (QED) is 0.242. The lowest BCUT2D eigenvalue weighted by atomic mass is 10.2. The van der Waals surface area contributed by atoms with E-state index in [0.29, 0.717) is 44.5 Å². The smallest absolute Gasteiger partial charge is 0.291 e. The summed E-state index contributed by atoms with van der Waals surface area (Å²) < 4.78 is 14.0. The molecule has 34 heavy (non-hydrogen) atoms. The van der Waals surface area contributed by atoms with Gasteiger partial charge in [-0.3, -0.25) is 9.48 Å². The Bertz CT molecular complexity index is 1370. The Kier molecular flexibility index (Phi) is 7.57. The SMILES string of the molecule is Cc1nn(Cc2ccc(Cl)c(Cl)c2)c(C)c1NC(=O)c1ccc(COc2ccc(Br)cc2Cl)o1. The highest BCUT2D eigenvalue weighted by Crippen LogP contribution is 2.29. The van der Waals surface area contributed by atoms with Gasteiger partial charge < -0.3 is 14.5 Å². The highest BCUT2D eigenvalue weighted by molar-refractivity contribution is 9.10. The number of aromatic nitrogens is 2. The third-order valence-corrected chi connectivity index (χ3v) is 6.61. The van der Waals surface area contributed by atoms with Crippen molar-refractivity contribution < 1.29 is 13.9 Å². The zero-order valence-electron chi connectivity index (χ0n) is 18.2. The van der Waals surface area contributed by atoms with Crippen LogP contribution in [0.1, 0.15) is 33.3 Å². The van der Waals surface area contributed by atoms with Gasteiger partial charge in [-0.2, -0.15) is 5.10 Å². The zero-order valence-corrected chi connectivity index (χ0v) is 22.0. The van der Waals surface area contributed by atoms with Crippen LogP contribution in [0.2, 0.25) is 15.1 Å². The molecular formula is C24H19BrCl3N3O3. The number of carbonyl (C=O) groups is 1. The number of hydrogen-bond donors (Lipinski definition) is 1. The number of nitrogens with zero attached hydrogens (tertiary/aromatic N) is 2. The Morgan fingerprint density at radius 2 is 1.85 bits per heavy atom. The number of nitrogens with one attached hydrogen (secondary N) is 1. The maximum atomic E-state index is 12.8. The van der Waals surface area contributed by atoms with Gasteiger partial charge in [-0.05, 0) is 61.9 Å². The van der Waals surface area contributed by atoms with Gasteiger partial charge in [0.25, 0.3) is 5.91 Å². The largest absolute Gasteiger partial charge is 0.484 e. The Balaban J connectivity index is 1.42. The molecule has 0 unspecified atom stereocenters. The molecule has 0 saturated carbocycles. The average molecular weight is 584 g/mol. The van der Waals surface area contributed by atoms with Crippen LogP contribution in [0, 0.1) is 13.8 Å². The number of anilines is 1. The van der Waals surface area contributed by atoms with Crippen molar-refractivity contribution in [1.82, 2.24) is 9.78 Å². The highest BCUT2D eigenvalue weighted by atomic mass is 79.9. The van der Waals surface area contributed by atoms with E-state index in [1.54, 1.807) is 41.1 Å². The number of benzene rings is 2. The molecule has 2 aromatic carbocycles. The molecule has 1 amide bonds. The number of hydrogen-bond acceptors (Lipinski definition) is 4. The predicted molar refractivity (Wildman–Crippen MR) is 137 cm³/mol. The van der Waals surface area contributed by atoms with Crippen LogP contribution in [0.3, 0.4) is 0 Å². The van der Waals surface area contributed by atoms with Gasteiger partial charge in [0.05, 0.1) is 38.7 Å². The lowest BCUT2D eigenvalue weighted by Gasteiger charge is -2.08. The minimum Gasteiger partial charge on any atom is -0.484 e. The van der Waals surface area contributed by atoms with Crippen molar-refractivity contribution in [3.05, 3.63) is 96.5 Å². The number of furan rings is 1. The summed E-state index contributed by atoms with van der Waals surface area (Å²) in [5.74, 6) is 0.797. The predicted octanol–water partition coefficient (Wildman–Crippen LogP) is 7.70. The van der Waals surface area contributed by atoms with Crippen LogP contribution in [0.5, 0.6) is 5.75 Å². The fourth-order valence-corrected chi connectivity index (χ4v) is 4.39.